The Bertz CT molecular complexity index is 425. The zero-order chi connectivity index (χ0) is 12.7. The van der Waals surface area contributed by atoms with Gasteiger partial charge in [0.2, 0.25) is 11.8 Å². The fourth-order valence-corrected chi connectivity index (χ4v) is 1.58. The molecule has 0 aromatic heterocycles. The van der Waals surface area contributed by atoms with E-state index in [4.69, 9.17) is 14.2 Å². The molecule has 0 N–H and O–H groups in total. The summed E-state index contributed by atoms with van der Waals surface area (Å²) in [6, 6.07) is 3.65. The molecule has 0 unspecified atom stereocenters. The lowest BCUT2D eigenvalue weighted by Gasteiger charge is -2.15. The standard InChI is InChI=1S/C12H15NO4/c1-15-10-5-4-9(6-7-13-8-14)11(16-2)12(10)17-3/h4-5H,6-7H2,1-3H3. The third-order valence-electron chi connectivity index (χ3n) is 2.34. The molecule has 5 heteroatoms. The monoisotopic (exact) mass is 237 g/mol. The molecule has 1 aromatic carbocycles. The first-order chi connectivity index (χ1) is 8.28. The molecule has 0 atom stereocenters. The van der Waals surface area contributed by atoms with E-state index in [-0.39, 0.29) is 0 Å². The maximum Gasteiger partial charge on any atom is 0.234 e. The average Bonchev–Trinajstić information content (AvgIpc) is 2.38. The van der Waals surface area contributed by atoms with Gasteiger partial charge in [-0.05, 0) is 12.5 Å². The van der Waals surface area contributed by atoms with Crippen molar-refractivity contribution in [2.45, 2.75) is 6.42 Å². The van der Waals surface area contributed by atoms with Crippen LogP contribution in [0, 0.1) is 0 Å². The van der Waals surface area contributed by atoms with Crippen molar-refractivity contribution < 1.29 is 19.0 Å². The Kier molecular flexibility index (Phi) is 5.04. The maximum absolute atomic E-state index is 10.0. The third kappa shape index (κ3) is 2.98. The lowest BCUT2D eigenvalue weighted by atomic mass is 10.1. The molecule has 0 aliphatic carbocycles. The molecule has 1 aromatic rings. The minimum atomic E-state index is 0.370. The van der Waals surface area contributed by atoms with Crippen LogP contribution in [0.25, 0.3) is 0 Å². The van der Waals surface area contributed by atoms with Crippen molar-refractivity contribution in [3.05, 3.63) is 17.7 Å². The molecule has 92 valence electrons. The SMILES string of the molecule is COc1ccc(CCN=C=O)c(OC)c1OC. The normalized spacial score (nSPS) is 9.35. The van der Waals surface area contributed by atoms with Crippen LogP contribution in [0.3, 0.4) is 0 Å². The van der Waals surface area contributed by atoms with E-state index in [0.717, 1.165) is 5.56 Å². The van der Waals surface area contributed by atoms with Crippen molar-refractivity contribution in [3.8, 4) is 17.2 Å². The highest BCUT2D eigenvalue weighted by Gasteiger charge is 2.15. The van der Waals surface area contributed by atoms with E-state index < -0.39 is 0 Å². The summed E-state index contributed by atoms with van der Waals surface area (Å²) >= 11 is 0. The largest absolute Gasteiger partial charge is 0.493 e. The van der Waals surface area contributed by atoms with Gasteiger partial charge in [-0.25, -0.2) is 9.79 Å². The molecular formula is C12H15NO4. The smallest absolute Gasteiger partial charge is 0.234 e. The second kappa shape index (κ2) is 6.55. The number of nitrogens with zero attached hydrogens (tertiary/aromatic N) is 1. The Labute approximate surface area is 100 Å². The molecule has 0 saturated heterocycles. The van der Waals surface area contributed by atoms with Crippen molar-refractivity contribution in [1.29, 1.82) is 0 Å². The Morgan fingerprint density at radius 3 is 2.35 bits per heavy atom. The van der Waals surface area contributed by atoms with Crippen molar-refractivity contribution in [3.63, 3.8) is 0 Å². The predicted octanol–water partition coefficient (Wildman–Crippen LogP) is 1.59. The summed E-state index contributed by atoms with van der Waals surface area (Å²) in [4.78, 5) is 13.5. The summed E-state index contributed by atoms with van der Waals surface area (Å²) in [5, 5.41) is 0. The minimum Gasteiger partial charge on any atom is -0.493 e. The Balaban J connectivity index is 3.09. The molecule has 0 heterocycles. The fourth-order valence-electron chi connectivity index (χ4n) is 1.58. The highest BCUT2D eigenvalue weighted by atomic mass is 16.5. The van der Waals surface area contributed by atoms with Gasteiger partial charge in [0.05, 0.1) is 27.9 Å². The lowest BCUT2D eigenvalue weighted by Crippen LogP contribution is -2.00. The van der Waals surface area contributed by atoms with Crippen LogP contribution in [0.5, 0.6) is 17.2 Å². The molecule has 0 bridgehead atoms. The fraction of sp³-hybridized carbons (Fsp3) is 0.417. The van der Waals surface area contributed by atoms with Gasteiger partial charge in [-0.1, -0.05) is 6.07 Å². The first kappa shape index (κ1) is 13.1. The molecule has 0 spiro atoms. The van der Waals surface area contributed by atoms with Crippen LogP contribution in [-0.2, 0) is 11.2 Å². The zero-order valence-electron chi connectivity index (χ0n) is 10.1. The second-order valence-electron chi connectivity index (χ2n) is 3.22. The first-order valence-corrected chi connectivity index (χ1v) is 5.10. The number of methoxy groups -OCH3 is 3. The number of carbonyl (C=O) groups excluding carboxylic acids is 1. The first-order valence-electron chi connectivity index (χ1n) is 5.10. The van der Waals surface area contributed by atoms with Gasteiger partial charge in [0.25, 0.3) is 0 Å². The second-order valence-corrected chi connectivity index (χ2v) is 3.22. The summed E-state index contributed by atoms with van der Waals surface area (Å²) in [6.45, 7) is 0.370. The van der Waals surface area contributed by atoms with Crippen molar-refractivity contribution in [1.82, 2.24) is 0 Å². The van der Waals surface area contributed by atoms with E-state index in [1.165, 1.54) is 6.08 Å². The van der Waals surface area contributed by atoms with E-state index in [1.54, 1.807) is 27.4 Å². The maximum atomic E-state index is 10.0. The van der Waals surface area contributed by atoms with Crippen LogP contribution in [0.2, 0.25) is 0 Å². The molecule has 17 heavy (non-hydrogen) atoms. The number of benzene rings is 1. The van der Waals surface area contributed by atoms with Gasteiger partial charge >= 0.3 is 0 Å². The van der Waals surface area contributed by atoms with Gasteiger partial charge in [-0.3, -0.25) is 0 Å². The van der Waals surface area contributed by atoms with Gasteiger partial charge in [0.1, 0.15) is 0 Å². The number of ether oxygens (including phenoxy) is 3. The summed E-state index contributed by atoms with van der Waals surface area (Å²) in [5.41, 5.74) is 0.907. The van der Waals surface area contributed by atoms with Crippen molar-refractivity contribution in [2.75, 3.05) is 27.9 Å². The van der Waals surface area contributed by atoms with Gasteiger partial charge in [-0.15, -0.1) is 0 Å². The Morgan fingerprint density at radius 2 is 1.82 bits per heavy atom. The number of isocyanates is 1. The topological polar surface area (TPSA) is 57.1 Å². The lowest BCUT2D eigenvalue weighted by molar-refractivity contribution is 0.322. The van der Waals surface area contributed by atoms with Gasteiger partial charge in [-0.2, -0.15) is 0 Å². The summed E-state index contributed by atoms with van der Waals surface area (Å²) in [7, 11) is 4.67. The van der Waals surface area contributed by atoms with Crippen LogP contribution >= 0.6 is 0 Å². The van der Waals surface area contributed by atoms with Crippen molar-refractivity contribution >= 4 is 6.08 Å². The molecule has 0 aliphatic heterocycles. The quantitative estimate of drug-likeness (QED) is 0.557. The highest BCUT2D eigenvalue weighted by molar-refractivity contribution is 5.55. The highest BCUT2D eigenvalue weighted by Crippen LogP contribution is 2.39. The summed E-state index contributed by atoms with van der Waals surface area (Å²) < 4.78 is 15.7. The third-order valence-corrected chi connectivity index (χ3v) is 2.34. The predicted molar refractivity (Wildman–Crippen MR) is 62.8 cm³/mol. The van der Waals surface area contributed by atoms with Crippen LogP contribution in [-0.4, -0.2) is 34.0 Å². The van der Waals surface area contributed by atoms with E-state index >= 15 is 0 Å². The minimum absolute atomic E-state index is 0.370. The molecular weight excluding hydrogens is 222 g/mol. The van der Waals surface area contributed by atoms with Crippen molar-refractivity contribution in [2.24, 2.45) is 4.99 Å². The molecule has 5 nitrogen and oxygen atoms in total. The molecule has 0 amide bonds. The van der Waals surface area contributed by atoms with Crippen LogP contribution in [0.15, 0.2) is 17.1 Å². The average molecular weight is 237 g/mol. The molecule has 1 rings (SSSR count). The van der Waals surface area contributed by atoms with Crippen LogP contribution in [0.4, 0.5) is 0 Å². The van der Waals surface area contributed by atoms with Gasteiger partial charge in [0.15, 0.2) is 11.5 Å². The van der Waals surface area contributed by atoms with Gasteiger partial charge < -0.3 is 14.2 Å². The van der Waals surface area contributed by atoms with Crippen LogP contribution < -0.4 is 14.2 Å². The number of aliphatic imine (C=N–C) groups is 1. The molecule has 0 radical (unpaired) electrons. The summed E-state index contributed by atoms with van der Waals surface area (Å²) in [6.07, 6.45) is 2.09. The summed E-state index contributed by atoms with van der Waals surface area (Å²) in [5.74, 6) is 1.75. The van der Waals surface area contributed by atoms with E-state index in [1.807, 2.05) is 6.07 Å². The van der Waals surface area contributed by atoms with Gasteiger partial charge in [0, 0.05) is 5.56 Å². The molecule has 0 saturated carbocycles. The number of hydrogen-bond acceptors (Lipinski definition) is 5. The number of hydrogen-bond donors (Lipinski definition) is 0. The van der Waals surface area contributed by atoms with E-state index in [9.17, 15) is 4.79 Å². The zero-order valence-corrected chi connectivity index (χ0v) is 10.1. The molecule has 0 fully saturated rings. The Morgan fingerprint density at radius 1 is 1.12 bits per heavy atom. The van der Waals surface area contributed by atoms with E-state index in [0.29, 0.717) is 30.2 Å². The van der Waals surface area contributed by atoms with Crippen LogP contribution in [0.1, 0.15) is 5.56 Å². The van der Waals surface area contributed by atoms with E-state index in [2.05, 4.69) is 4.99 Å². The number of rotatable bonds is 6. The molecule has 0 aliphatic rings. The Hall–Kier alpha value is -2.00.